The fourth-order valence-electron chi connectivity index (χ4n) is 4.27. The van der Waals surface area contributed by atoms with Crippen molar-refractivity contribution >= 4 is 39.1 Å². The van der Waals surface area contributed by atoms with Gasteiger partial charge in [0.05, 0.1) is 4.90 Å². The first-order valence-electron chi connectivity index (χ1n) is 12.1. The van der Waals surface area contributed by atoms with Gasteiger partial charge in [0.15, 0.2) is 0 Å². The highest BCUT2D eigenvalue weighted by Gasteiger charge is 2.23. The van der Waals surface area contributed by atoms with Crippen molar-refractivity contribution in [1.29, 1.82) is 0 Å². The van der Waals surface area contributed by atoms with Gasteiger partial charge in [-0.25, -0.2) is 13.1 Å². The van der Waals surface area contributed by atoms with E-state index in [4.69, 9.17) is 11.6 Å². The lowest BCUT2D eigenvalue weighted by Crippen LogP contribution is -2.35. The van der Waals surface area contributed by atoms with Gasteiger partial charge in [0.25, 0.3) is 15.9 Å². The van der Waals surface area contributed by atoms with Crippen LogP contribution in [-0.4, -0.2) is 44.3 Å². The summed E-state index contributed by atoms with van der Waals surface area (Å²) in [6.45, 7) is 7.89. The van der Waals surface area contributed by atoms with Gasteiger partial charge in [0.1, 0.15) is 0 Å². The summed E-state index contributed by atoms with van der Waals surface area (Å²) in [5, 5.41) is 0.403. The maximum absolute atomic E-state index is 13.0. The molecule has 7 nitrogen and oxygen atoms in total. The van der Waals surface area contributed by atoms with Crippen molar-refractivity contribution in [2.75, 3.05) is 18.0 Å². The van der Waals surface area contributed by atoms with Gasteiger partial charge in [-0.3, -0.25) is 14.5 Å². The van der Waals surface area contributed by atoms with Crippen molar-refractivity contribution in [1.82, 2.24) is 9.62 Å². The van der Waals surface area contributed by atoms with Gasteiger partial charge in [0, 0.05) is 42.3 Å². The Hall–Kier alpha value is -2.42. The monoisotopic (exact) mass is 519 g/mol. The van der Waals surface area contributed by atoms with Gasteiger partial charge in [0.2, 0.25) is 5.91 Å². The number of fused-ring (bicyclic) bond motifs is 1. The molecule has 0 saturated heterocycles. The maximum Gasteiger partial charge on any atom is 0.265 e. The number of nitrogens with one attached hydrogen (secondary N) is 1. The zero-order valence-electron chi connectivity index (χ0n) is 20.6. The first kappa shape index (κ1) is 27.2. The lowest BCUT2D eigenvalue weighted by molar-refractivity contribution is -0.116. The first-order chi connectivity index (χ1) is 16.6. The lowest BCUT2D eigenvalue weighted by Gasteiger charge is -2.31. The smallest absolute Gasteiger partial charge is 0.265 e. The molecule has 1 aliphatic rings. The number of rotatable bonds is 4. The summed E-state index contributed by atoms with van der Waals surface area (Å²) in [7, 11) is -4.06. The quantitative estimate of drug-likeness (QED) is 0.615. The van der Waals surface area contributed by atoms with Crippen LogP contribution < -0.4 is 9.62 Å². The molecule has 190 valence electrons. The first-order valence-corrected chi connectivity index (χ1v) is 13.9. The van der Waals surface area contributed by atoms with Crippen molar-refractivity contribution in [2.24, 2.45) is 0 Å². The minimum atomic E-state index is -4.06. The largest absolute Gasteiger partial charge is 0.312 e. The summed E-state index contributed by atoms with van der Waals surface area (Å²) < 4.78 is 27.6. The van der Waals surface area contributed by atoms with Gasteiger partial charge >= 0.3 is 0 Å². The van der Waals surface area contributed by atoms with E-state index in [9.17, 15) is 18.0 Å². The number of anilines is 1. The molecule has 0 saturated carbocycles. The third-order valence-electron chi connectivity index (χ3n) is 6.29. The molecular weight excluding hydrogens is 486 g/mol. The molecule has 0 aromatic heterocycles. The normalized spacial score (nSPS) is 16.2. The van der Waals surface area contributed by atoms with E-state index in [2.05, 4.69) is 23.5 Å². The van der Waals surface area contributed by atoms with Crippen molar-refractivity contribution in [2.45, 2.75) is 70.4 Å². The molecular formula is C26H34ClN3O4S. The standard InChI is InChI=1S/C26H34ClN3O4S/c1-19(2)29-15-7-5-4-6-8-16-30(20(3)31)25-14-9-21(17-22(25)18-29)26(32)28-35(33,34)24-12-10-23(27)11-13-24/h9-14,17,19H,4-8,15-16,18H2,1-3H3,(H,28,32). The number of nitrogens with zero attached hydrogens (tertiary/aromatic N) is 2. The van der Waals surface area contributed by atoms with Crippen LogP contribution in [0.25, 0.3) is 0 Å². The SMILES string of the molecule is CC(=O)N1CCCCCCCN(C(C)C)Cc2cc(C(=O)NS(=O)(=O)c3ccc(Cl)cc3)ccc21. The van der Waals surface area contributed by atoms with Gasteiger partial charge in [-0.15, -0.1) is 0 Å². The Bertz CT molecular complexity index is 1150. The predicted molar refractivity (Wildman–Crippen MR) is 139 cm³/mol. The Kier molecular flexibility index (Phi) is 9.33. The molecule has 0 bridgehead atoms. The molecule has 1 aliphatic heterocycles. The third-order valence-corrected chi connectivity index (χ3v) is 7.89. The lowest BCUT2D eigenvalue weighted by atomic mass is 10.0. The second-order valence-corrected chi connectivity index (χ2v) is 11.4. The Morgan fingerprint density at radius 1 is 0.943 bits per heavy atom. The molecule has 0 spiro atoms. The molecule has 0 fully saturated rings. The van der Waals surface area contributed by atoms with E-state index >= 15 is 0 Å². The van der Waals surface area contributed by atoms with Crippen molar-refractivity contribution < 1.29 is 18.0 Å². The van der Waals surface area contributed by atoms with E-state index in [1.165, 1.54) is 24.3 Å². The van der Waals surface area contributed by atoms with E-state index in [1.807, 2.05) is 0 Å². The van der Waals surface area contributed by atoms with Crippen LogP contribution in [0.5, 0.6) is 0 Å². The summed E-state index contributed by atoms with van der Waals surface area (Å²) in [5.41, 5.74) is 1.81. The molecule has 0 atom stereocenters. The van der Waals surface area contributed by atoms with Crippen molar-refractivity contribution in [3.63, 3.8) is 0 Å². The second kappa shape index (κ2) is 12.0. The highest BCUT2D eigenvalue weighted by Crippen LogP contribution is 2.27. The second-order valence-electron chi connectivity index (χ2n) is 9.23. The highest BCUT2D eigenvalue weighted by molar-refractivity contribution is 7.90. The number of sulfonamides is 1. The number of hydrogen-bond acceptors (Lipinski definition) is 5. The van der Waals surface area contributed by atoms with Crippen LogP contribution >= 0.6 is 11.6 Å². The molecule has 2 amide bonds. The molecule has 2 aromatic carbocycles. The number of benzene rings is 2. The zero-order valence-corrected chi connectivity index (χ0v) is 22.2. The van der Waals surface area contributed by atoms with Crippen LogP contribution in [0.1, 0.15) is 68.8 Å². The summed E-state index contributed by atoms with van der Waals surface area (Å²) in [6.07, 6.45) is 5.34. The summed E-state index contributed by atoms with van der Waals surface area (Å²) in [5.74, 6) is -0.777. The number of amides is 2. The fourth-order valence-corrected chi connectivity index (χ4v) is 5.37. The fraction of sp³-hybridized carbons (Fsp3) is 0.462. The predicted octanol–water partition coefficient (Wildman–Crippen LogP) is 4.99. The van der Waals surface area contributed by atoms with Crippen LogP contribution in [0, 0.1) is 0 Å². The van der Waals surface area contributed by atoms with E-state index < -0.39 is 15.9 Å². The molecule has 1 N–H and O–H groups in total. The summed E-state index contributed by atoms with van der Waals surface area (Å²) >= 11 is 5.85. The van der Waals surface area contributed by atoms with Crippen molar-refractivity contribution in [3.05, 3.63) is 58.6 Å². The molecule has 2 aromatic rings. The van der Waals surface area contributed by atoms with Crippen LogP contribution in [0.4, 0.5) is 5.69 Å². The average molecular weight is 520 g/mol. The average Bonchev–Trinajstić information content (AvgIpc) is 2.78. The van der Waals surface area contributed by atoms with Crippen molar-refractivity contribution in [3.8, 4) is 0 Å². The topological polar surface area (TPSA) is 86.8 Å². The van der Waals surface area contributed by atoms with Gasteiger partial charge in [-0.1, -0.05) is 30.9 Å². The van der Waals surface area contributed by atoms with Gasteiger partial charge < -0.3 is 4.90 Å². The Morgan fingerprint density at radius 2 is 1.57 bits per heavy atom. The number of carbonyl (C=O) groups excluding carboxylic acids is 2. The zero-order chi connectivity index (χ0) is 25.6. The third kappa shape index (κ3) is 7.29. The molecule has 0 aliphatic carbocycles. The van der Waals surface area contributed by atoms with Crippen LogP contribution in [0.3, 0.4) is 0 Å². The minimum absolute atomic E-state index is 0.0460. The van der Waals surface area contributed by atoms with Crippen LogP contribution in [0.2, 0.25) is 5.02 Å². The maximum atomic E-state index is 13.0. The number of carbonyl (C=O) groups is 2. The van der Waals surface area contributed by atoms with E-state index in [0.29, 0.717) is 18.1 Å². The Morgan fingerprint density at radius 3 is 2.20 bits per heavy atom. The molecule has 0 unspecified atom stereocenters. The number of halogens is 1. The van der Waals surface area contributed by atoms with Gasteiger partial charge in [-0.2, -0.15) is 0 Å². The summed E-state index contributed by atoms with van der Waals surface area (Å²) in [6, 6.07) is 10.9. The molecule has 9 heteroatoms. The Labute approximate surface area is 213 Å². The van der Waals surface area contributed by atoms with E-state index in [1.54, 1.807) is 30.0 Å². The van der Waals surface area contributed by atoms with E-state index in [0.717, 1.165) is 49.9 Å². The highest BCUT2D eigenvalue weighted by atomic mass is 35.5. The number of hydrogen-bond donors (Lipinski definition) is 1. The molecule has 1 heterocycles. The van der Waals surface area contributed by atoms with Gasteiger partial charge in [-0.05, 0) is 81.3 Å². The molecule has 35 heavy (non-hydrogen) atoms. The minimum Gasteiger partial charge on any atom is -0.312 e. The van der Waals surface area contributed by atoms with Crippen LogP contribution in [0.15, 0.2) is 47.4 Å². The van der Waals surface area contributed by atoms with Crippen LogP contribution in [-0.2, 0) is 21.4 Å². The summed E-state index contributed by atoms with van der Waals surface area (Å²) in [4.78, 5) is 29.6. The molecule has 0 radical (unpaired) electrons. The Balaban J connectivity index is 1.96. The molecule has 3 rings (SSSR count). The van der Waals surface area contributed by atoms with E-state index in [-0.39, 0.29) is 22.4 Å².